The highest BCUT2D eigenvalue weighted by Crippen LogP contribution is 2.25. The van der Waals surface area contributed by atoms with Gasteiger partial charge in [0.2, 0.25) is 0 Å². The lowest BCUT2D eigenvalue weighted by molar-refractivity contribution is 0.0439. The highest BCUT2D eigenvalue weighted by Gasteiger charge is 2.36. The van der Waals surface area contributed by atoms with Gasteiger partial charge < -0.3 is 4.74 Å². The number of aromatic nitrogens is 2. The molecule has 0 amide bonds. The average Bonchev–Trinajstić information content (AvgIpc) is 3.03. The van der Waals surface area contributed by atoms with Crippen molar-refractivity contribution in [1.29, 1.82) is 0 Å². The van der Waals surface area contributed by atoms with E-state index in [-0.39, 0.29) is 0 Å². The van der Waals surface area contributed by atoms with E-state index in [0.29, 0.717) is 18.8 Å². The smallest absolute Gasteiger partial charge is 0.0892 e. The summed E-state index contributed by atoms with van der Waals surface area (Å²) < 4.78 is 6.16. The van der Waals surface area contributed by atoms with E-state index >= 15 is 0 Å². The van der Waals surface area contributed by atoms with Crippen LogP contribution in [0.3, 0.4) is 0 Å². The molecule has 0 bridgehead atoms. The molecule has 2 aromatic heterocycles. The summed E-state index contributed by atoms with van der Waals surface area (Å²) >= 11 is 0. The van der Waals surface area contributed by atoms with Crippen molar-refractivity contribution >= 4 is 0 Å². The molecular formula is C20H26N4O. The van der Waals surface area contributed by atoms with Crippen LogP contribution in [0.15, 0.2) is 42.7 Å². The summed E-state index contributed by atoms with van der Waals surface area (Å²) in [6, 6.07) is 10.9. The Kier molecular flexibility index (Phi) is 5.06. The molecule has 2 aliphatic rings. The number of ether oxygens (including phenoxy) is 1. The molecule has 0 aliphatic carbocycles. The first-order valence-electron chi connectivity index (χ1n) is 9.16. The second-order valence-electron chi connectivity index (χ2n) is 7.18. The van der Waals surface area contributed by atoms with Crippen LogP contribution in [0.25, 0.3) is 0 Å². The van der Waals surface area contributed by atoms with E-state index in [9.17, 15) is 0 Å². The van der Waals surface area contributed by atoms with Gasteiger partial charge in [0.1, 0.15) is 0 Å². The third kappa shape index (κ3) is 4.24. The molecule has 2 saturated heterocycles. The predicted octanol–water partition coefficient (Wildman–Crippen LogP) is 2.26. The molecule has 4 rings (SSSR count). The van der Waals surface area contributed by atoms with Gasteiger partial charge in [-0.3, -0.25) is 19.8 Å². The van der Waals surface area contributed by atoms with Crippen molar-refractivity contribution < 1.29 is 4.74 Å². The van der Waals surface area contributed by atoms with Crippen LogP contribution in [-0.4, -0.2) is 58.1 Å². The van der Waals surface area contributed by atoms with Crippen molar-refractivity contribution in [1.82, 2.24) is 19.8 Å². The largest absolute Gasteiger partial charge is 0.371 e. The monoisotopic (exact) mass is 338 g/mol. The normalized spacial score (nSPS) is 24.4. The summed E-state index contributed by atoms with van der Waals surface area (Å²) in [5, 5.41) is 0. The number of rotatable bonds is 5. The number of nitrogens with zero attached hydrogens (tertiary/aromatic N) is 4. The Balaban J connectivity index is 1.28. The van der Waals surface area contributed by atoms with Gasteiger partial charge in [-0.1, -0.05) is 12.1 Å². The Morgan fingerprint density at radius 2 is 2.12 bits per heavy atom. The van der Waals surface area contributed by atoms with Crippen molar-refractivity contribution in [3.63, 3.8) is 0 Å². The van der Waals surface area contributed by atoms with Crippen LogP contribution in [-0.2, 0) is 17.9 Å². The van der Waals surface area contributed by atoms with E-state index in [0.717, 1.165) is 50.5 Å². The van der Waals surface area contributed by atoms with E-state index < -0.39 is 0 Å². The van der Waals surface area contributed by atoms with Crippen molar-refractivity contribution in [3.8, 4) is 0 Å². The summed E-state index contributed by atoms with van der Waals surface area (Å²) in [5.74, 6) is 0. The Labute approximate surface area is 149 Å². The molecular weight excluding hydrogens is 312 g/mol. The SMILES string of the molecule is Cc1cccc(COC2CC3CN(Cc4cccnc4)CCN3C2)n1. The van der Waals surface area contributed by atoms with E-state index in [2.05, 4.69) is 31.9 Å². The maximum Gasteiger partial charge on any atom is 0.0892 e. The molecule has 132 valence electrons. The first kappa shape index (κ1) is 16.6. The van der Waals surface area contributed by atoms with Crippen LogP contribution < -0.4 is 0 Å². The van der Waals surface area contributed by atoms with E-state index in [1.165, 1.54) is 5.56 Å². The van der Waals surface area contributed by atoms with Gasteiger partial charge in [0.15, 0.2) is 0 Å². The Hall–Kier alpha value is -1.82. The van der Waals surface area contributed by atoms with Crippen LogP contribution in [0.5, 0.6) is 0 Å². The first-order chi connectivity index (χ1) is 12.3. The van der Waals surface area contributed by atoms with Gasteiger partial charge in [0, 0.05) is 56.9 Å². The zero-order valence-electron chi connectivity index (χ0n) is 14.8. The van der Waals surface area contributed by atoms with Crippen LogP contribution in [0.1, 0.15) is 23.4 Å². The molecule has 2 aliphatic heterocycles. The zero-order chi connectivity index (χ0) is 17.1. The molecule has 2 unspecified atom stereocenters. The summed E-state index contributed by atoms with van der Waals surface area (Å²) in [7, 11) is 0. The Morgan fingerprint density at radius 3 is 2.96 bits per heavy atom. The second kappa shape index (κ2) is 7.60. The number of pyridine rings is 2. The summed E-state index contributed by atoms with van der Waals surface area (Å²) in [6.07, 6.45) is 5.26. The highest BCUT2D eigenvalue weighted by molar-refractivity contribution is 5.10. The molecule has 2 aromatic rings. The predicted molar refractivity (Wildman–Crippen MR) is 97.0 cm³/mol. The number of piperazine rings is 1. The van der Waals surface area contributed by atoms with Crippen LogP contribution >= 0.6 is 0 Å². The van der Waals surface area contributed by atoms with Gasteiger partial charge in [-0.2, -0.15) is 0 Å². The average molecular weight is 338 g/mol. The fraction of sp³-hybridized carbons (Fsp3) is 0.500. The molecule has 4 heterocycles. The van der Waals surface area contributed by atoms with Crippen LogP contribution in [0.2, 0.25) is 0 Å². The molecule has 0 saturated carbocycles. The maximum absolute atomic E-state index is 6.16. The Morgan fingerprint density at radius 1 is 1.16 bits per heavy atom. The standard InChI is InChI=1S/C20H26N4O/c1-16-4-2-6-18(22-16)15-25-20-10-19-13-23(8-9-24(19)14-20)12-17-5-3-7-21-11-17/h2-7,11,19-20H,8-10,12-15H2,1H3. The quantitative estimate of drug-likeness (QED) is 0.836. The maximum atomic E-state index is 6.16. The minimum absolute atomic E-state index is 0.325. The second-order valence-corrected chi connectivity index (χ2v) is 7.18. The van der Waals surface area contributed by atoms with Gasteiger partial charge in [0.05, 0.1) is 18.4 Å². The molecule has 0 radical (unpaired) electrons. The molecule has 0 N–H and O–H groups in total. The minimum atomic E-state index is 0.325. The summed E-state index contributed by atoms with van der Waals surface area (Å²) in [5.41, 5.74) is 3.38. The van der Waals surface area contributed by atoms with Crippen molar-refractivity contribution in [3.05, 3.63) is 59.7 Å². The summed E-state index contributed by atoms with van der Waals surface area (Å²) in [4.78, 5) is 13.9. The molecule has 2 fully saturated rings. The van der Waals surface area contributed by atoms with Crippen LogP contribution in [0, 0.1) is 6.92 Å². The minimum Gasteiger partial charge on any atom is -0.371 e. The Bertz CT molecular complexity index is 693. The fourth-order valence-electron chi connectivity index (χ4n) is 3.96. The zero-order valence-corrected chi connectivity index (χ0v) is 14.8. The third-order valence-electron chi connectivity index (χ3n) is 5.20. The third-order valence-corrected chi connectivity index (χ3v) is 5.20. The number of fused-ring (bicyclic) bond motifs is 1. The topological polar surface area (TPSA) is 41.5 Å². The van der Waals surface area contributed by atoms with E-state index in [1.54, 1.807) is 0 Å². The molecule has 25 heavy (non-hydrogen) atoms. The molecule has 0 aromatic carbocycles. The molecule has 5 heteroatoms. The number of hydrogen-bond donors (Lipinski definition) is 0. The summed E-state index contributed by atoms with van der Waals surface area (Å²) in [6.45, 7) is 8.07. The van der Waals surface area contributed by atoms with Gasteiger partial charge in [-0.25, -0.2) is 0 Å². The lowest BCUT2D eigenvalue weighted by Gasteiger charge is -2.37. The van der Waals surface area contributed by atoms with Gasteiger partial charge in [-0.15, -0.1) is 0 Å². The molecule has 5 nitrogen and oxygen atoms in total. The van der Waals surface area contributed by atoms with Gasteiger partial charge in [0.25, 0.3) is 0 Å². The van der Waals surface area contributed by atoms with E-state index in [1.807, 2.05) is 37.5 Å². The number of hydrogen-bond acceptors (Lipinski definition) is 5. The fourth-order valence-corrected chi connectivity index (χ4v) is 3.96. The van der Waals surface area contributed by atoms with Gasteiger partial charge >= 0.3 is 0 Å². The van der Waals surface area contributed by atoms with Crippen LogP contribution in [0.4, 0.5) is 0 Å². The lowest BCUT2D eigenvalue weighted by Crippen LogP contribution is -2.49. The highest BCUT2D eigenvalue weighted by atomic mass is 16.5. The number of aryl methyl sites for hydroxylation is 1. The van der Waals surface area contributed by atoms with Crippen molar-refractivity contribution in [2.24, 2.45) is 0 Å². The van der Waals surface area contributed by atoms with Crippen molar-refractivity contribution in [2.45, 2.75) is 38.6 Å². The molecule has 2 atom stereocenters. The van der Waals surface area contributed by atoms with Gasteiger partial charge in [-0.05, 0) is 37.1 Å². The molecule has 0 spiro atoms. The van der Waals surface area contributed by atoms with Crippen molar-refractivity contribution in [2.75, 3.05) is 26.2 Å². The van der Waals surface area contributed by atoms with E-state index in [4.69, 9.17) is 4.74 Å². The lowest BCUT2D eigenvalue weighted by atomic mass is 10.1. The first-order valence-corrected chi connectivity index (χ1v) is 9.16.